The molecule has 1 aromatic heterocycles. The number of nitrogens with one attached hydrogen (secondary N) is 2. The van der Waals surface area contributed by atoms with E-state index in [1.807, 2.05) is 47.7 Å². The molecule has 8 heteroatoms. The van der Waals surface area contributed by atoms with Gasteiger partial charge in [0.15, 0.2) is 5.82 Å². The number of hydrazine groups is 1. The van der Waals surface area contributed by atoms with Crippen LogP contribution in [0, 0.1) is 6.92 Å². The number of likely N-dealkylation sites (N-methyl/N-ethyl adjacent to an activating group) is 1. The average molecular weight is 401 g/mol. The summed E-state index contributed by atoms with van der Waals surface area (Å²) < 4.78 is 1.81. The highest BCUT2D eigenvalue weighted by atomic mass is 35.5. The number of hydrogen-bond donors (Lipinski definition) is 2. The number of carbonyl (C=O) groups is 1. The van der Waals surface area contributed by atoms with Crippen molar-refractivity contribution in [3.8, 4) is 11.1 Å². The molecule has 1 aromatic carbocycles. The van der Waals surface area contributed by atoms with Crippen LogP contribution >= 0.6 is 11.6 Å². The van der Waals surface area contributed by atoms with E-state index in [0.717, 1.165) is 61.1 Å². The summed E-state index contributed by atoms with van der Waals surface area (Å²) in [6.45, 7) is 10.4. The maximum absolute atomic E-state index is 13.1. The van der Waals surface area contributed by atoms with E-state index in [0.29, 0.717) is 10.7 Å². The molecule has 1 amide bonds. The molecular weight excluding hydrogens is 376 g/mol. The Morgan fingerprint density at radius 3 is 2.43 bits per heavy atom. The maximum Gasteiger partial charge on any atom is 0.273 e. The van der Waals surface area contributed by atoms with Crippen LogP contribution in [0.1, 0.15) is 19.5 Å². The number of halogens is 1. The second-order valence-corrected chi connectivity index (χ2v) is 7.60. The maximum atomic E-state index is 13.1. The van der Waals surface area contributed by atoms with Crippen molar-refractivity contribution in [1.82, 2.24) is 25.0 Å². The minimum atomic E-state index is 0.00704. The number of amides is 1. The van der Waals surface area contributed by atoms with E-state index in [1.165, 1.54) is 0 Å². The van der Waals surface area contributed by atoms with Crippen molar-refractivity contribution in [2.24, 2.45) is 0 Å². The van der Waals surface area contributed by atoms with Crippen LogP contribution in [-0.2, 0) is 4.79 Å². The van der Waals surface area contributed by atoms with Gasteiger partial charge < -0.3 is 9.80 Å². The van der Waals surface area contributed by atoms with Crippen molar-refractivity contribution in [2.75, 3.05) is 38.1 Å². The van der Waals surface area contributed by atoms with Gasteiger partial charge in [0.05, 0.1) is 11.4 Å². The number of aromatic nitrogens is 2. The van der Waals surface area contributed by atoms with E-state index in [1.54, 1.807) is 0 Å². The van der Waals surface area contributed by atoms with Gasteiger partial charge >= 0.3 is 0 Å². The van der Waals surface area contributed by atoms with Crippen LogP contribution in [0.15, 0.2) is 30.0 Å². The fraction of sp³-hybridized carbons (Fsp3) is 0.400. The van der Waals surface area contributed by atoms with Crippen molar-refractivity contribution in [3.63, 3.8) is 0 Å². The lowest BCUT2D eigenvalue weighted by atomic mass is 10.1. The third-order valence-electron chi connectivity index (χ3n) is 5.50. The topological polar surface area (TPSA) is 65.4 Å². The quantitative estimate of drug-likeness (QED) is 0.829. The number of fused-ring (bicyclic) bond motifs is 1. The van der Waals surface area contributed by atoms with Gasteiger partial charge in [-0.2, -0.15) is 5.10 Å². The van der Waals surface area contributed by atoms with E-state index in [2.05, 4.69) is 27.8 Å². The van der Waals surface area contributed by atoms with Crippen LogP contribution in [0.2, 0.25) is 5.02 Å². The zero-order valence-electron chi connectivity index (χ0n) is 16.4. The number of piperazine rings is 1. The lowest BCUT2D eigenvalue weighted by molar-refractivity contribution is -0.129. The minimum absolute atomic E-state index is 0.00704. The molecule has 0 aliphatic carbocycles. The number of anilines is 1. The highest BCUT2D eigenvalue weighted by Gasteiger charge is 2.30. The standard InChI is InChI=1S/C20H25ClN6O/c1-4-25-9-11-26(12-10-25)20(28)18-14(3)27-19(23-22-18)17(13(2)24-27)15-5-7-16(21)8-6-15/h5-8,22-23H,4,9-12H2,1-3H3. The number of hydrogen-bond acceptors (Lipinski definition) is 5. The summed E-state index contributed by atoms with van der Waals surface area (Å²) in [6.07, 6.45) is 0. The van der Waals surface area contributed by atoms with E-state index in [4.69, 9.17) is 11.6 Å². The Kier molecular flexibility index (Phi) is 5.03. The third-order valence-corrected chi connectivity index (χ3v) is 5.75. The summed E-state index contributed by atoms with van der Waals surface area (Å²) in [4.78, 5) is 17.3. The zero-order valence-corrected chi connectivity index (χ0v) is 17.2. The zero-order chi connectivity index (χ0) is 19.8. The van der Waals surface area contributed by atoms with E-state index >= 15 is 0 Å². The van der Waals surface area contributed by atoms with Crippen LogP contribution in [0.4, 0.5) is 5.82 Å². The smallest absolute Gasteiger partial charge is 0.273 e. The Morgan fingerprint density at radius 1 is 1.11 bits per heavy atom. The number of allylic oxidation sites excluding steroid dienone is 1. The molecule has 2 aromatic rings. The normalized spacial score (nSPS) is 17.2. The van der Waals surface area contributed by atoms with E-state index < -0.39 is 0 Å². The summed E-state index contributed by atoms with van der Waals surface area (Å²) in [6, 6.07) is 7.68. The molecule has 0 spiro atoms. The number of benzene rings is 1. The van der Waals surface area contributed by atoms with Crippen LogP contribution in [-0.4, -0.2) is 58.2 Å². The first kappa shape index (κ1) is 18.8. The van der Waals surface area contributed by atoms with Crippen LogP contribution < -0.4 is 10.9 Å². The Hall–Kier alpha value is -2.51. The Labute approximate surface area is 169 Å². The molecule has 0 atom stereocenters. The van der Waals surface area contributed by atoms with Gasteiger partial charge in [-0.25, -0.2) is 4.68 Å². The van der Waals surface area contributed by atoms with Crippen molar-refractivity contribution < 1.29 is 4.79 Å². The predicted molar refractivity (Wildman–Crippen MR) is 112 cm³/mol. The van der Waals surface area contributed by atoms with Gasteiger partial charge in [0.25, 0.3) is 5.91 Å². The molecule has 7 nitrogen and oxygen atoms in total. The Morgan fingerprint density at radius 2 is 1.79 bits per heavy atom. The summed E-state index contributed by atoms with van der Waals surface area (Å²) in [5.41, 5.74) is 10.5. The third kappa shape index (κ3) is 3.25. The summed E-state index contributed by atoms with van der Waals surface area (Å²) in [7, 11) is 0. The lowest BCUT2D eigenvalue weighted by Crippen LogP contribution is -2.51. The molecule has 148 valence electrons. The molecule has 2 N–H and O–H groups in total. The summed E-state index contributed by atoms with van der Waals surface area (Å²) in [5, 5.41) is 5.37. The van der Waals surface area contributed by atoms with Crippen molar-refractivity contribution in [1.29, 1.82) is 0 Å². The van der Waals surface area contributed by atoms with Crippen LogP contribution in [0.5, 0.6) is 0 Å². The van der Waals surface area contributed by atoms with Gasteiger partial charge in [-0.1, -0.05) is 30.7 Å². The minimum Gasteiger partial charge on any atom is -0.335 e. The van der Waals surface area contributed by atoms with Crippen LogP contribution in [0.25, 0.3) is 16.8 Å². The van der Waals surface area contributed by atoms with E-state index in [9.17, 15) is 4.79 Å². The van der Waals surface area contributed by atoms with Gasteiger partial charge in [-0.3, -0.25) is 15.6 Å². The SMILES string of the molecule is CCN1CCN(C(=O)C2=C(C)n3nc(C)c(-c4ccc(Cl)cc4)c3NN2)CC1. The molecular formula is C20H25ClN6O. The number of aryl methyl sites for hydroxylation is 1. The first-order valence-electron chi connectivity index (χ1n) is 9.60. The first-order chi connectivity index (χ1) is 13.5. The highest BCUT2D eigenvalue weighted by molar-refractivity contribution is 6.30. The molecule has 0 saturated carbocycles. The Balaban J connectivity index is 1.64. The molecule has 28 heavy (non-hydrogen) atoms. The first-order valence-corrected chi connectivity index (χ1v) is 9.98. The van der Waals surface area contributed by atoms with Gasteiger partial charge in [0, 0.05) is 36.8 Å². The fourth-order valence-electron chi connectivity index (χ4n) is 3.80. The van der Waals surface area contributed by atoms with Crippen LogP contribution in [0.3, 0.4) is 0 Å². The molecule has 2 aliphatic heterocycles. The van der Waals surface area contributed by atoms with Gasteiger partial charge in [0.1, 0.15) is 5.70 Å². The van der Waals surface area contributed by atoms with E-state index in [-0.39, 0.29) is 5.91 Å². The largest absolute Gasteiger partial charge is 0.335 e. The lowest BCUT2D eigenvalue weighted by Gasteiger charge is -2.35. The number of carbonyl (C=O) groups excluding carboxylic acids is 1. The molecule has 1 saturated heterocycles. The summed E-state index contributed by atoms with van der Waals surface area (Å²) in [5.74, 6) is 0.831. The molecule has 4 rings (SSSR count). The molecule has 0 radical (unpaired) electrons. The molecule has 1 fully saturated rings. The number of rotatable bonds is 3. The second-order valence-electron chi connectivity index (χ2n) is 7.16. The highest BCUT2D eigenvalue weighted by Crippen LogP contribution is 2.35. The predicted octanol–water partition coefficient (Wildman–Crippen LogP) is 2.79. The van der Waals surface area contributed by atoms with Gasteiger partial charge in [0.2, 0.25) is 0 Å². The van der Waals surface area contributed by atoms with Gasteiger partial charge in [-0.15, -0.1) is 0 Å². The fourth-order valence-corrected chi connectivity index (χ4v) is 3.93. The average Bonchev–Trinajstić information content (AvgIpc) is 3.05. The van der Waals surface area contributed by atoms with Crippen molar-refractivity contribution in [3.05, 3.63) is 40.7 Å². The van der Waals surface area contributed by atoms with Crippen molar-refractivity contribution in [2.45, 2.75) is 20.8 Å². The summed E-state index contributed by atoms with van der Waals surface area (Å²) >= 11 is 6.02. The second kappa shape index (κ2) is 7.48. The van der Waals surface area contributed by atoms with Gasteiger partial charge in [-0.05, 0) is 38.1 Å². The number of nitrogens with zero attached hydrogens (tertiary/aromatic N) is 4. The van der Waals surface area contributed by atoms with Crippen molar-refractivity contribution >= 4 is 29.0 Å². The monoisotopic (exact) mass is 400 g/mol. The Bertz CT molecular complexity index is 925. The molecule has 0 unspecified atom stereocenters. The molecule has 0 bridgehead atoms. The molecule has 3 heterocycles. The molecule has 2 aliphatic rings.